The van der Waals surface area contributed by atoms with E-state index >= 15 is 0 Å². The number of ether oxygens (including phenoxy) is 3. The molecule has 190 valence electrons. The van der Waals surface area contributed by atoms with Crippen LogP contribution in [-0.2, 0) is 16.0 Å². The number of benzene rings is 2. The van der Waals surface area contributed by atoms with E-state index in [0.717, 1.165) is 12.8 Å². The first kappa shape index (κ1) is 26.1. The van der Waals surface area contributed by atoms with Gasteiger partial charge in [0, 0.05) is 30.4 Å². The third kappa shape index (κ3) is 6.84. The van der Waals surface area contributed by atoms with Crippen LogP contribution in [0.3, 0.4) is 0 Å². The molecular formula is C26H24Cl2F2N2O4. The molecule has 2 aromatic carbocycles. The average Bonchev–Trinajstić information content (AvgIpc) is 3.69. The molecule has 0 amide bonds. The van der Waals surface area contributed by atoms with Crippen LogP contribution in [0.2, 0.25) is 10.0 Å². The zero-order valence-electron chi connectivity index (χ0n) is 19.1. The van der Waals surface area contributed by atoms with Crippen molar-refractivity contribution in [1.29, 1.82) is 0 Å². The molecular weight excluding hydrogens is 513 g/mol. The summed E-state index contributed by atoms with van der Waals surface area (Å²) in [7, 11) is 0. The highest BCUT2D eigenvalue weighted by Crippen LogP contribution is 2.39. The molecule has 10 heteroatoms. The van der Waals surface area contributed by atoms with E-state index < -0.39 is 24.7 Å². The Morgan fingerprint density at radius 3 is 2.42 bits per heavy atom. The van der Waals surface area contributed by atoms with E-state index in [1.807, 2.05) is 6.07 Å². The fourth-order valence-electron chi connectivity index (χ4n) is 3.62. The number of halogens is 4. The number of aromatic nitrogens is 1. The smallest absolute Gasteiger partial charge is 0.387 e. The van der Waals surface area contributed by atoms with Gasteiger partial charge >= 0.3 is 12.6 Å². The van der Waals surface area contributed by atoms with Crippen LogP contribution in [0.15, 0.2) is 60.9 Å². The van der Waals surface area contributed by atoms with Crippen LogP contribution < -0.4 is 15.2 Å². The lowest BCUT2D eigenvalue weighted by atomic mass is 10.00. The van der Waals surface area contributed by atoms with E-state index in [0.29, 0.717) is 29.2 Å². The minimum atomic E-state index is -3.00. The van der Waals surface area contributed by atoms with Crippen molar-refractivity contribution >= 4 is 29.2 Å². The van der Waals surface area contributed by atoms with Crippen LogP contribution in [0.5, 0.6) is 11.5 Å². The highest BCUT2D eigenvalue weighted by Gasteiger charge is 2.29. The van der Waals surface area contributed by atoms with Gasteiger partial charge in [0.15, 0.2) is 0 Å². The zero-order chi connectivity index (χ0) is 25.7. The van der Waals surface area contributed by atoms with Gasteiger partial charge in [-0.15, -0.1) is 0 Å². The van der Waals surface area contributed by atoms with Crippen LogP contribution in [0, 0.1) is 5.92 Å². The standard InChI is InChI=1S/C26H24Cl2F2N2O4/c27-20-12-32-13-21(28)19(20)11-23(36-25(33)24(31)16-4-2-1-3-5-16)18-9-8-17(35-26(29)30)10-22(18)34-14-15-6-7-15/h1-5,8-10,12-13,15,23-24,26H,6-7,11,14,31H2/t23?,24-/m0/s1. The highest BCUT2D eigenvalue weighted by molar-refractivity contribution is 6.35. The van der Waals surface area contributed by atoms with E-state index in [1.54, 1.807) is 24.3 Å². The molecule has 1 fully saturated rings. The van der Waals surface area contributed by atoms with Gasteiger partial charge in [-0.1, -0.05) is 53.5 Å². The minimum absolute atomic E-state index is 0.0717. The van der Waals surface area contributed by atoms with E-state index in [-0.39, 0.29) is 28.0 Å². The van der Waals surface area contributed by atoms with Crippen molar-refractivity contribution in [2.75, 3.05) is 6.61 Å². The van der Waals surface area contributed by atoms with E-state index in [4.69, 9.17) is 38.4 Å². The molecule has 4 rings (SSSR count). The molecule has 0 saturated heterocycles. The summed E-state index contributed by atoms with van der Waals surface area (Å²) in [5.74, 6) is -0.124. The second kappa shape index (κ2) is 11.9. The van der Waals surface area contributed by atoms with Crippen molar-refractivity contribution in [2.45, 2.75) is 38.0 Å². The van der Waals surface area contributed by atoms with Crippen LogP contribution in [-0.4, -0.2) is 24.2 Å². The first-order valence-corrected chi connectivity index (χ1v) is 12.1. The Morgan fingerprint density at radius 2 is 1.78 bits per heavy atom. The van der Waals surface area contributed by atoms with Crippen molar-refractivity contribution < 1.29 is 27.8 Å². The molecule has 1 aromatic heterocycles. The van der Waals surface area contributed by atoms with Crippen LogP contribution in [0.25, 0.3) is 0 Å². The van der Waals surface area contributed by atoms with E-state index in [1.165, 1.54) is 30.6 Å². The topological polar surface area (TPSA) is 83.7 Å². The molecule has 1 aliphatic rings. The fourth-order valence-corrected chi connectivity index (χ4v) is 4.14. The molecule has 1 aliphatic carbocycles. The van der Waals surface area contributed by atoms with Gasteiger partial charge in [-0.25, -0.2) is 4.79 Å². The highest BCUT2D eigenvalue weighted by atomic mass is 35.5. The maximum atomic E-state index is 13.1. The Morgan fingerprint density at radius 1 is 1.08 bits per heavy atom. The van der Waals surface area contributed by atoms with Gasteiger partial charge in [0.1, 0.15) is 23.6 Å². The summed E-state index contributed by atoms with van der Waals surface area (Å²) in [6, 6.07) is 12.0. The van der Waals surface area contributed by atoms with Crippen molar-refractivity contribution in [1.82, 2.24) is 4.98 Å². The molecule has 0 aliphatic heterocycles. The molecule has 0 bridgehead atoms. The predicted octanol–water partition coefficient (Wildman–Crippen LogP) is 6.31. The number of hydrogen-bond donors (Lipinski definition) is 1. The molecule has 1 heterocycles. The second-order valence-corrected chi connectivity index (χ2v) is 9.25. The van der Waals surface area contributed by atoms with Crippen molar-refractivity contribution in [3.8, 4) is 11.5 Å². The number of esters is 1. The largest absolute Gasteiger partial charge is 0.493 e. The zero-order valence-corrected chi connectivity index (χ0v) is 20.6. The quantitative estimate of drug-likeness (QED) is 0.289. The van der Waals surface area contributed by atoms with Gasteiger partial charge < -0.3 is 19.9 Å². The summed E-state index contributed by atoms with van der Waals surface area (Å²) in [4.78, 5) is 17.1. The number of nitrogens with two attached hydrogens (primary N) is 1. The molecule has 0 radical (unpaired) electrons. The molecule has 2 atom stereocenters. The summed E-state index contributed by atoms with van der Waals surface area (Å²) in [5.41, 5.74) is 7.69. The number of pyridine rings is 1. The summed E-state index contributed by atoms with van der Waals surface area (Å²) in [6.07, 6.45) is 4.04. The number of rotatable bonds is 11. The number of hydrogen-bond acceptors (Lipinski definition) is 6. The van der Waals surface area contributed by atoms with Gasteiger partial charge in [-0.3, -0.25) is 4.98 Å². The molecule has 0 spiro atoms. The molecule has 2 N–H and O–H groups in total. The number of alkyl halides is 2. The van der Waals surface area contributed by atoms with Crippen LogP contribution in [0.1, 0.15) is 41.7 Å². The van der Waals surface area contributed by atoms with Gasteiger partial charge in [-0.05, 0) is 42.0 Å². The number of carbonyl (C=O) groups is 1. The Balaban J connectivity index is 1.69. The second-order valence-electron chi connectivity index (χ2n) is 8.43. The maximum absolute atomic E-state index is 13.1. The Kier molecular flexibility index (Phi) is 8.61. The summed E-state index contributed by atoms with van der Waals surface area (Å²) in [6.45, 7) is -2.61. The third-order valence-corrected chi connectivity index (χ3v) is 6.39. The lowest BCUT2D eigenvalue weighted by Crippen LogP contribution is -2.26. The van der Waals surface area contributed by atoms with Crippen LogP contribution >= 0.6 is 23.2 Å². The van der Waals surface area contributed by atoms with Gasteiger partial charge in [0.25, 0.3) is 0 Å². The molecule has 1 unspecified atom stereocenters. The van der Waals surface area contributed by atoms with Gasteiger partial charge in [-0.2, -0.15) is 8.78 Å². The monoisotopic (exact) mass is 536 g/mol. The Hall–Kier alpha value is -2.94. The number of nitrogens with zero attached hydrogens (tertiary/aromatic N) is 1. The average molecular weight is 537 g/mol. The first-order chi connectivity index (χ1) is 17.3. The molecule has 36 heavy (non-hydrogen) atoms. The number of carbonyl (C=O) groups excluding carboxylic acids is 1. The summed E-state index contributed by atoms with van der Waals surface area (Å²) >= 11 is 12.7. The van der Waals surface area contributed by atoms with Crippen molar-refractivity contribution in [3.05, 3.63) is 87.7 Å². The lowest BCUT2D eigenvalue weighted by Gasteiger charge is -2.24. The Bertz CT molecular complexity index is 1180. The first-order valence-electron chi connectivity index (χ1n) is 11.3. The summed E-state index contributed by atoms with van der Waals surface area (Å²) < 4.78 is 42.1. The minimum Gasteiger partial charge on any atom is -0.493 e. The SMILES string of the molecule is N[C@H](C(=O)OC(Cc1c(Cl)cncc1Cl)c1ccc(OC(F)F)cc1OCC1CC1)c1ccccc1. The van der Waals surface area contributed by atoms with Crippen molar-refractivity contribution in [3.63, 3.8) is 0 Å². The van der Waals surface area contributed by atoms with Crippen LogP contribution in [0.4, 0.5) is 8.78 Å². The summed E-state index contributed by atoms with van der Waals surface area (Å²) in [5, 5.41) is 0.572. The molecule has 1 saturated carbocycles. The molecule has 3 aromatic rings. The maximum Gasteiger partial charge on any atom is 0.387 e. The van der Waals surface area contributed by atoms with E-state index in [9.17, 15) is 13.6 Å². The lowest BCUT2D eigenvalue weighted by molar-refractivity contribution is -0.151. The normalized spacial score (nSPS) is 14.8. The third-order valence-electron chi connectivity index (χ3n) is 5.74. The fraction of sp³-hybridized carbons (Fsp3) is 0.308. The van der Waals surface area contributed by atoms with E-state index in [2.05, 4.69) is 9.72 Å². The predicted molar refractivity (Wildman–Crippen MR) is 131 cm³/mol. The van der Waals surface area contributed by atoms with Crippen molar-refractivity contribution in [2.24, 2.45) is 11.7 Å². The van der Waals surface area contributed by atoms with Gasteiger partial charge in [0.05, 0.1) is 16.7 Å². The van der Waals surface area contributed by atoms with Gasteiger partial charge in [0.2, 0.25) is 0 Å². The Labute approximate surface area is 217 Å². The molecule has 6 nitrogen and oxygen atoms in total.